The van der Waals surface area contributed by atoms with Crippen molar-refractivity contribution in [1.29, 1.82) is 0 Å². The Bertz CT molecular complexity index is 1140. The van der Waals surface area contributed by atoms with E-state index in [1.54, 1.807) is 34.9 Å². The van der Waals surface area contributed by atoms with Gasteiger partial charge in [-0.2, -0.15) is 14.9 Å². The fourth-order valence-corrected chi connectivity index (χ4v) is 3.97. The van der Waals surface area contributed by atoms with Crippen LogP contribution >= 0.6 is 0 Å². The van der Waals surface area contributed by atoms with Gasteiger partial charge in [0.25, 0.3) is 11.9 Å². The van der Waals surface area contributed by atoms with E-state index in [1.807, 2.05) is 26.8 Å². The number of aromatic nitrogens is 6. The Morgan fingerprint density at radius 2 is 1.76 bits per heavy atom. The van der Waals surface area contributed by atoms with Crippen LogP contribution in [0.4, 0.5) is 5.82 Å². The molecule has 0 unspecified atom stereocenters. The Balaban J connectivity index is 1.31. The van der Waals surface area contributed by atoms with Crippen LogP contribution < -0.4 is 10.6 Å². The minimum Gasteiger partial charge on any atom is -0.349 e. The van der Waals surface area contributed by atoms with Gasteiger partial charge in [0, 0.05) is 49.8 Å². The average Bonchev–Trinajstić information content (AvgIpc) is 3.34. The number of likely N-dealkylation sites (tertiary alicyclic amines) is 1. The van der Waals surface area contributed by atoms with Gasteiger partial charge in [-0.15, -0.1) is 0 Å². The van der Waals surface area contributed by atoms with Crippen molar-refractivity contribution < 1.29 is 9.59 Å². The number of amides is 2. The van der Waals surface area contributed by atoms with Crippen molar-refractivity contribution in [1.82, 2.24) is 39.7 Å². The third kappa shape index (κ3) is 5.61. The van der Waals surface area contributed by atoms with Crippen LogP contribution in [0.2, 0.25) is 0 Å². The highest BCUT2D eigenvalue weighted by Gasteiger charge is 2.23. The second kappa shape index (κ2) is 9.49. The molecule has 0 bridgehead atoms. The summed E-state index contributed by atoms with van der Waals surface area (Å²) >= 11 is 0. The summed E-state index contributed by atoms with van der Waals surface area (Å²) in [7, 11) is 1.78. The van der Waals surface area contributed by atoms with Crippen LogP contribution in [0, 0.1) is 20.8 Å². The molecule has 2 amide bonds. The van der Waals surface area contributed by atoms with E-state index in [0.717, 1.165) is 43.0 Å². The van der Waals surface area contributed by atoms with E-state index in [1.165, 1.54) is 0 Å². The first-order valence-electron chi connectivity index (χ1n) is 11.0. The van der Waals surface area contributed by atoms with Gasteiger partial charge >= 0.3 is 0 Å². The Kier molecular flexibility index (Phi) is 6.50. The van der Waals surface area contributed by atoms with Crippen LogP contribution in [-0.4, -0.2) is 71.9 Å². The first kappa shape index (κ1) is 22.6. The maximum absolute atomic E-state index is 12.7. The molecule has 0 aliphatic carbocycles. The zero-order chi connectivity index (χ0) is 23.5. The van der Waals surface area contributed by atoms with Gasteiger partial charge in [0.1, 0.15) is 5.82 Å². The van der Waals surface area contributed by atoms with Crippen LogP contribution in [0.5, 0.6) is 0 Å². The molecule has 2 N–H and O–H groups in total. The Morgan fingerprint density at radius 3 is 2.39 bits per heavy atom. The molecule has 1 aliphatic rings. The van der Waals surface area contributed by atoms with E-state index in [9.17, 15) is 9.59 Å². The summed E-state index contributed by atoms with van der Waals surface area (Å²) in [5, 5.41) is 14.5. The molecule has 1 aliphatic heterocycles. The highest BCUT2D eigenvalue weighted by molar-refractivity contribution is 5.94. The molecule has 4 heterocycles. The van der Waals surface area contributed by atoms with Crippen molar-refractivity contribution >= 4 is 17.6 Å². The van der Waals surface area contributed by atoms with E-state index in [4.69, 9.17) is 0 Å². The summed E-state index contributed by atoms with van der Waals surface area (Å²) < 4.78 is 3.17. The van der Waals surface area contributed by atoms with Crippen LogP contribution in [0.1, 0.15) is 40.3 Å². The van der Waals surface area contributed by atoms with Crippen LogP contribution in [0.3, 0.4) is 0 Å². The molecule has 33 heavy (non-hydrogen) atoms. The summed E-state index contributed by atoms with van der Waals surface area (Å²) in [6.45, 7) is 7.37. The van der Waals surface area contributed by atoms with Crippen molar-refractivity contribution in [2.45, 2.75) is 39.7 Å². The molecule has 0 spiro atoms. The first-order valence-corrected chi connectivity index (χ1v) is 11.0. The summed E-state index contributed by atoms with van der Waals surface area (Å²) in [5.74, 6) is 0.733. The number of carbonyl (C=O) groups excluding carboxylic acids is 2. The number of hydrogen-bond donors (Lipinski definition) is 2. The van der Waals surface area contributed by atoms with E-state index < -0.39 is 0 Å². The summed E-state index contributed by atoms with van der Waals surface area (Å²) in [5.41, 5.74) is 2.99. The molecule has 4 rings (SSSR count). The Labute approximate surface area is 192 Å². The fraction of sp³-hybridized carbons (Fsp3) is 0.455. The lowest BCUT2D eigenvalue weighted by Gasteiger charge is -2.31. The summed E-state index contributed by atoms with van der Waals surface area (Å²) in [6.07, 6.45) is 4.83. The van der Waals surface area contributed by atoms with Crippen molar-refractivity contribution in [2.75, 3.05) is 25.0 Å². The highest BCUT2D eigenvalue weighted by atomic mass is 16.2. The number of aryl methyl sites for hydroxylation is 4. The van der Waals surface area contributed by atoms with Crippen molar-refractivity contribution in [3.8, 4) is 5.95 Å². The minimum absolute atomic E-state index is 0.0859. The van der Waals surface area contributed by atoms with Crippen molar-refractivity contribution in [3.63, 3.8) is 0 Å². The normalized spacial score (nSPS) is 14.9. The lowest BCUT2D eigenvalue weighted by molar-refractivity contribution is -0.117. The van der Waals surface area contributed by atoms with Gasteiger partial charge in [-0.25, -0.2) is 9.97 Å². The van der Waals surface area contributed by atoms with Gasteiger partial charge in [-0.05, 0) is 39.7 Å². The predicted octanol–water partition coefficient (Wildman–Crippen LogP) is 1.15. The van der Waals surface area contributed by atoms with E-state index in [-0.39, 0.29) is 24.4 Å². The fourth-order valence-electron chi connectivity index (χ4n) is 3.97. The number of nitrogens with one attached hydrogen (secondary N) is 2. The molecule has 1 saturated heterocycles. The van der Waals surface area contributed by atoms with Gasteiger partial charge in [-0.1, -0.05) is 0 Å². The molecule has 11 nitrogen and oxygen atoms in total. The molecule has 11 heteroatoms. The average molecular weight is 452 g/mol. The van der Waals surface area contributed by atoms with E-state index in [2.05, 4.69) is 35.7 Å². The maximum Gasteiger partial charge on any atom is 0.254 e. The second-order valence-corrected chi connectivity index (χ2v) is 8.51. The quantitative estimate of drug-likeness (QED) is 0.576. The SMILES string of the molecule is Cc1cc(C)nc(-n2nc(C)cc2NC(=O)CN2CCC(NC(=O)c3cnn(C)c3)CC2)n1. The first-order chi connectivity index (χ1) is 15.8. The topological polar surface area (TPSA) is 123 Å². The van der Waals surface area contributed by atoms with Crippen LogP contribution in [0.25, 0.3) is 5.95 Å². The molecule has 3 aromatic rings. The zero-order valence-electron chi connectivity index (χ0n) is 19.4. The Morgan fingerprint density at radius 1 is 1.06 bits per heavy atom. The van der Waals surface area contributed by atoms with Gasteiger partial charge in [0.05, 0.1) is 24.0 Å². The van der Waals surface area contributed by atoms with E-state index in [0.29, 0.717) is 17.3 Å². The number of carbonyl (C=O) groups is 2. The molecule has 0 saturated carbocycles. The molecule has 174 valence electrons. The zero-order valence-corrected chi connectivity index (χ0v) is 19.4. The van der Waals surface area contributed by atoms with Crippen molar-refractivity contribution in [2.24, 2.45) is 7.05 Å². The minimum atomic E-state index is -0.127. The number of piperidine rings is 1. The lowest BCUT2D eigenvalue weighted by atomic mass is 10.0. The van der Waals surface area contributed by atoms with Gasteiger partial charge < -0.3 is 10.6 Å². The second-order valence-electron chi connectivity index (χ2n) is 8.51. The van der Waals surface area contributed by atoms with Crippen molar-refractivity contribution in [3.05, 3.63) is 47.2 Å². The number of hydrogen-bond acceptors (Lipinski definition) is 7. The number of rotatable bonds is 6. The maximum atomic E-state index is 12.7. The van der Waals surface area contributed by atoms with Crippen LogP contribution in [0.15, 0.2) is 24.5 Å². The van der Waals surface area contributed by atoms with Gasteiger partial charge in [0.15, 0.2) is 0 Å². The summed E-state index contributed by atoms with van der Waals surface area (Å²) in [4.78, 5) is 36.0. The third-order valence-electron chi connectivity index (χ3n) is 5.52. The number of nitrogens with zero attached hydrogens (tertiary/aromatic N) is 7. The molecule has 1 fully saturated rings. The van der Waals surface area contributed by atoms with Gasteiger partial charge in [0.2, 0.25) is 5.91 Å². The number of anilines is 1. The highest BCUT2D eigenvalue weighted by Crippen LogP contribution is 2.16. The molecular weight excluding hydrogens is 422 g/mol. The Hall–Kier alpha value is -3.60. The predicted molar refractivity (Wildman–Crippen MR) is 122 cm³/mol. The molecular formula is C22H29N9O2. The smallest absolute Gasteiger partial charge is 0.254 e. The molecule has 3 aromatic heterocycles. The molecule has 0 aromatic carbocycles. The van der Waals surface area contributed by atoms with Gasteiger partial charge in [-0.3, -0.25) is 19.2 Å². The third-order valence-corrected chi connectivity index (χ3v) is 5.52. The summed E-state index contributed by atoms with van der Waals surface area (Å²) in [6, 6.07) is 3.78. The lowest BCUT2D eigenvalue weighted by Crippen LogP contribution is -2.46. The molecule has 0 radical (unpaired) electrons. The largest absolute Gasteiger partial charge is 0.349 e. The van der Waals surface area contributed by atoms with Crippen LogP contribution in [-0.2, 0) is 11.8 Å². The monoisotopic (exact) mass is 451 g/mol. The standard InChI is InChI=1S/C22H29N9O2/c1-14-9-15(2)25-22(24-14)31-19(10-16(3)28-31)27-20(32)13-30-7-5-18(6-8-30)26-21(33)17-11-23-29(4)12-17/h9-12,18H,5-8,13H2,1-4H3,(H,26,33)(H,27,32). The van der Waals surface area contributed by atoms with E-state index >= 15 is 0 Å². The molecule has 0 atom stereocenters.